The molecule has 0 saturated carbocycles. The van der Waals surface area contributed by atoms with E-state index in [1.54, 1.807) is 0 Å². The second kappa shape index (κ2) is 7.39. The first-order valence-corrected chi connectivity index (χ1v) is 7.80. The van der Waals surface area contributed by atoms with Crippen molar-refractivity contribution in [3.05, 3.63) is 23.8 Å². The number of carbonyl (C=O) groups excluding carboxylic acids is 1. The summed E-state index contributed by atoms with van der Waals surface area (Å²) in [6, 6.07) is 3.73. The lowest BCUT2D eigenvalue weighted by atomic mass is 10.2. The van der Waals surface area contributed by atoms with Crippen molar-refractivity contribution < 1.29 is 27.4 Å². The van der Waals surface area contributed by atoms with E-state index in [9.17, 15) is 13.2 Å². The number of rotatable bonds is 7. The van der Waals surface area contributed by atoms with Crippen LogP contribution in [0.25, 0.3) is 0 Å². The predicted octanol–water partition coefficient (Wildman–Crippen LogP) is 0.924. The van der Waals surface area contributed by atoms with Crippen molar-refractivity contribution in [2.24, 2.45) is 5.14 Å². The van der Waals surface area contributed by atoms with Gasteiger partial charge in [-0.15, -0.1) is 0 Å². The molecule has 1 aromatic rings. The van der Waals surface area contributed by atoms with Crippen LogP contribution in [0.15, 0.2) is 23.1 Å². The lowest BCUT2D eigenvalue weighted by Gasteiger charge is -2.11. The molecule has 0 aromatic heterocycles. The maximum atomic E-state index is 12.0. The van der Waals surface area contributed by atoms with Crippen molar-refractivity contribution in [3.8, 4) is 5.75 Å². The van der Waals surface area contributed by atoms with Gasteiger partial charge in [-0.2, -0.15) is 0 Å². The number of nitrogens with two attached hydrogens (primary N) is 1. The molecular weight excluding hydrogens is 298 g/mol. The molecule has 1 aromatic carbocycles. The van der Waals surface area contributed by atoms with Crippen molar-refractivity contribution >= 4 is 16.0 Å². The zero-order valence-corrected chi connectivity index (χ0v) is 13.0. The van der Waals surface area contributed by atoms with Crippen molar-refractivity contribution in [1.29, 1.82) is 0 Å². The van der Waals surface area contributed by atoms with Gasteiger partial charge in [0.2, 0.25) is 10.0 Å². The van der Waals surface area contributed by atoms with Crippen molar-refractivity contribution in [1.82, 2.24) is 0 Å². The number of hydrogen-bond acceptors (Lipinski definition) is 6. The summed E-state index contributed by atoms with van der Waals surface area (Å²) in [5, 5.41) is 5.03. The van der Waals surface area contributed by atoms with E-state index >= 15 is 0 Å². The minimum absolute atomic E-state index is 0.00595. The quantitative estimate of drug-likeness (QED) is 0.592. The standard InChI is InChI=1S/C13H19NO6S/c1-9(2)19-6-7-20-13(15)11-8-10(21(14,16)17)4-5-12(11)18-3/h4-5,8-9H,6-7H2,1-3H3,(H2,14,16,17). The molecule has 7 nitrogen and oxygen atoms in total. The Bertz CT molecular complexity index is 597. The van der Waals surface area contributed by atoms with Crippen molar-refractivity contribution in [2.75, 3.05) is 20.3 Å². The zero-order chi connectivity index (χ0) is 16.0. The summed E-state index contributed by atoms with van der Waals surface area (Å²) in [4.78, 5) is 11.8. The van der Waals surface area contributed by atoms with E-state index in [2.05, 4.69) is 0 Å². The van der Waals surface area contributed by atoms with Crippen LogP contribution in [0.2, 0.25) is 0 Å². The van der Waals surface area contributed by atoms with E-state index in [4.69, 9.17) is 19.3 Å². The Balaban J connectivity index is 2.86. The molecule has 0 aliphatic rings. The summed E-state index contributed by atoms with van der Waals surface area (Å²) in [7, 11) is -2.54. The molecule has 0 spiro atoms. The summed E-state index contributed by atoms with van der Waals surface area (Å²) in [6.07, 6.45) is 0.0314. The molecule has 0 aliphatic carbocycles. The van der Waals surface area contributed by atoms with Gasteiger partial charge in [0.15, 0.2) is 0 Å². The lowest BCUT2D eigenvalue weighted by molar-refractivity contribution is 0.0174. The topological polar surface area (TPSA) is 105 Å². The highest BCUT2D eigenvalue weighted by Crippen LogP contribution is 2.22. The highest BCUT2D eigenvalue weighted by atomic mass is 32.2. The Labute approximate surface area is 124 Å². The summed E-state index contributed by atoms with van der Waals surface area (Å²) in [6.45, 7) is 4.03. The summed E-state index contributed by atoms with van der Waals surface area (Å²) < 4.78 is 37.9. The largest absolute Gasteiger partial charge is 0.496 e. The van der Waals surface area contributed by atoms with Gasteiger partial charge in [0.25, 0.3) is 0 Å². The van der Waals surface area contributed by atoms with Gasteiger partial charge in [-0.05, 0) is 32.0 Å². The molecule has 0 saturated heterocycles. The van der Waals surface area contributed by atoms with E-state index in [0.717, 1.165) is 6.07 Å². The van der Waals surface area contributed by atoms with Crippen LogP contribution in [0.1, 0.15) is 24.2 Å². The van der Waals surface area contributed by atoms with Gasteiger partial charge < -0.3 is 14.2 Å². The van der Waals surface area contributed by atoms with Gasteiger partial charge in [-0.3, -0.25) is 0 Å². The highest BCUT2D eigenvalue weighted by molar-refractivity contribution is 7.89. The van der Waals surface area contributed by atoms with Crippen LogP contribution in [-0.2, 0) is 19.5 Å². The number of primary sulfonamides is 1. The molecular formula is C13H19NO6S. The van der Waals surface area contributed by atoms with Gasteiger partial charge >= 0.3 is 5.97 Å². The predicted molar refractivity (Wildman–Crippen MR) is 75.7 cm³/mol. The first-order valence-electron chi connectivity index (χ1n) is 6.25. The van der Waals surface area contributed by atoms with Crippen LogP contribution in [0.5, 0.6) is 5.75 Å². The first-order chi connectivity index (χ1) is 9.75. The van der Waals surface area contributed by atoms with Crippen LogP contribution in [0.3, 0.4) is 0 Å². The molecule has 8 heteroatoms. The third kappa shape index (κ3) is 5.33. The second-order valence-corrected chi connectivity index (χ2v) is 6.02. The summed E-state index contributed by atoms with van der Waals surface area (Å²) in [5.41, 5.74) is -0.00595. The minimum atomic E-state index is -3.91. The Kier molecular flexibility index (Phi) is 6.13. The SMILES string of the molecule is COc1ccc(S(N)(=O)=O)cc1C(=O)OCCOC(C)C. The average molecular weight is 317 g/mol. The second-order valence-electron chi connectivity index (χ2n) is 4.46. The molecule has 0 amide bonds. The molecule has 0 aliphatic heterocycles. The number of sulfonamides is 1. The Morgan fingerprint density at radius 3 is 2.48 bits per heavy atom. The fraction of sp³-hybridized carbons (Fsp3) is 0.462. The van der Waals surface area contributed by atoms with Gasteiger partial charge in [0, 0.05) is 0 Å². The molecule has 1 rings (SSSR count). The Morgan fingerprint density at radius 2 is 1.95 bits per heavy atom. The maximum Gasteiger partial charge on any atom is 0.342 e. The minimum Gasteiger partial charge on any atom is -0.496 e. The summed E-state index contributed by atoms with van der Waals surface area (Å²) in [5.74, 6) is -0.498. The average Bonchev–Trinajstić information content (AvgIpc) is 2.41. The smallest absolute Gasteiger partial charge is 0.342 e. The molecule has 0 unspecified atom stereocenters. The number of benzene rings is 1. The lowest BCUT2D eigenvalue weighted by Crippen LogP contribution is -2.16. The molecule has 118 valence electrons. The van der Waals surface area contributed by atoms with Crippen LogP contribution in [-0.4, -0.2) is 40.8 Å². The van der Waals surface area contributed by atoms with Gasteiger partial charge in [-0.25, -0.2) is 18.4 Å². The molecule has 0 bridgehead atoms. The number of hydrogen-bond donors (Lipinski definition) is 1. The number of methoxy groups -OCH3 is 1. The molecule has 0 atom stereocenters. The Morgan fingerprint density at radius 1 is 1.29 bits per heavy atom. The van der Waals surface area contributed by atoms with Gasteiger partial charge in [0.1, 0.15) is 17.9 Å². The van der Waals surface area contributed by atoms with Gasteiger partial charge in [-0.1, -0.05) is 0 Å². The van der Waals surface area contributed by atoms with Crippen molar-refractivity contribution in [3.63, 3.8) is 0 Å². The van der Waals surface area contributed by atoms with E-state index < -0.39 is 16.0 Å². The van der Waals surface area contributed by atoms with Crippen LogP contribution >= 0.6 is 0 Å². The Hall–Kier alpha value is -1.64. The summed E-state index contributed by atoms with van der Waals surface area (Å²) >= 11 is 0. The maximum absolute atomic E-state index is 12.0. The van der Waals surface area contributed by atoms with Crippen LogP contribution in [0.4, 0.5) is 0 Å². The number of carbonyl (C=O) groups is 1. The van der Waals surface area contributed by atoms with E-state index in [1.165, 1.54) is 19.2 Å². The third-order valence-corrected chi connectivity index (χ3v) is 3.40. The van der Waals surface area contributed by atoms with E-state index in [-0.39, 0.29) is 35.5 Å². The molecule has 2 N–H and O–H groups in total. The third-order valence-electron chi connectivity index (χ3n) is 2.49. The molecule has 0 heterocycles. The van der Waals surface area contributed by atoms with Crippen molar-refractivity contribution in [2.45, 2.75) is 24.8 Å². The normalized spacial score (nSPS) is 11.5. The zero-order valence-electron chi connectivity index (χ0n) is 12.2. The van der Waals surface area contributed by atoms with Crippen LogP contribution in [0, 0.1) is 0 Å². The van der Waals surface area contributed by atoms with Gasteiger partial charge in [0.05, 0.1) is 24.7 Å². The molecule has 0 radical (unpaired) electrons. The fourth-order valence-corrected chi connectivity index (χ4v) is 2.06. The highest BCUT2D eigenvalue weighted by Gasteiger charge is 2.18. The first kappa shape index (κ1) is 17.4. The van der Waals surface area contributed by atoms with E-state index in [1.807, 2.05) is 13.8 Å². The number of ether oxygens (including phenoxy) is 3. The van der Waals surface area contributed by atoms with E-state index in [0.29, 0.717) is 0 Å². The fourth-order valence-electron chi connectivity index (χ4n) is 1.52. The molecule has 0 fully saturated rings. The number of esters is 1. The molecule has 21 heavy (non-hydrogen) atoms. The monoisotopic (exact) mass is 317 g/mol. The van der Waals surface area contributed by atoms with Crippen LogP contribution < -0.4 is 9.88 Å².